The standard InChI is InChI=1S/C10H11F2NO2/c1-2-14-9(13)7-5-3-4-6-8(7)15-10(11)12/h3-6,10,13H,2H2,1H3. The van der Waals surface area contributed by atoms with Gasteiger partial charge in [0.05, 0.1) is 12.2 Å². The molecule has 0 aliphatic rings. The number of nitrogens with one attached hydrogen (secondary N) is 1. The first-order valence-electron chi connectivity index (χ1n) is 4.40. The minimum atomic E-state index is -2.90. The third kappa shape index (κ3) is 3.19. The molecule has 0 aliphatic carbocycles. The van der Waals surface area contributed by atoms with E-state index in [1.165, 1.54) is 12.1 Å². The fourth-order valence-corrected chi connectivity index (χ4v) is 1.08. The minimum absolute atomic E-state index is 0.0500. The summed E-state index contributed by atoms with van der Waals surface area (Å²) in [5.74, 6) is -0.222. The predicted octanol–water partition coefficient (Wildman–Crippen LogP) is 2.65. The van der Waals surface area contributed by atoms with Gasteiger partial charge in [0, 0.05) is 0 Å². The Morgan fingerprint density at radius 2 is 2.07 bits per heavy atom. The average molecular weight is 215 g/mol. The Labute approximate surface area is 86.1 Å². The van der Waals surface area contributed by atoms with E-state index in [1.807, 2.05) is 0 Å². The van der Waals surface area contributed by atoms with E-state index in [1.54, 1.807) is 19.1 Å². The maximum Gasteiger partial charge on any atom is 0.387 e. The van der Waals surface area contributed by atoms with Crippen LogP contribution in [0.2, 0.25) is 0 Å². The smallest absolute Gasteiger partial charge is 0.387 e. The molecule has 0 heterocycles. The molecule has 0 amide bonds. The van der Waals surface area contributed by atoms with E-state index in [0.29, 0.717) is 6.61 Å². The lowest BCUT2D eigenvalue weighted by atomic mass is 10.2. The van der Waals surface area contributed by atoms with Gasteiger partial charge in [-0.3, -0.25) is 5.41 Å². The molecular formula is C10H11F2NO2. The zero-order valence-corrected chi connectivity index (χ0v) is 8.17. The lowest BCUT2D eigenvalue weighted by molar-refractivity contribution is -0.0500. The van der Waals surface area contributed by atoms with Crippen LogP contribution in [-0.4, -0.2) is 19.1 Å². The van der Waals surface area contributed by atoms with Crippen molar-refractivity contribution in [1.82, 2.24) is 0 Å². The number of alkyl halides is 2. The van der Waals surface area contributed by atoms with Crippen LogP contribution < -0.4 is 4.74 Å². The van der Waals surface area contributed by atoms with Crippen molar-refractivity contribution < 1.29 is 18.3 Å². The Hall–Kier alpha value is -1.65. The highest BCUT2D eigenvalue weighted by molar-refractivity contribution is 5.94. The largest absolute Gasteiger partial charge is 0.478 e. The SMILES string of the molecule is CCOC(=N)c1ccccc1OC(F)F. The van der Waals surface area contributed by atoms with Crippen LogP contribution in [0.1, 0.15) is 12.5 Å². The molecule has 0 radical (unpaired) electrons. The first kappa shape index (κ1) is 11.4. The van der Waals surface area contributed by atoms with Gasteiger partial charge in [-0.25, -0.2) is 0 Å². The van der Waals surface area contributed by atoms with Gasteiger partial charge >= 0.3 is 6.61 Å². The van der Waals surface area contributed by atoms with Crippen molar-refractivity contribution in [1.29, 1.82) is 5.41 Å². The molecule has 0 saturated carbocycles. The molecule has 15 heavy (non-hydrogen) atoms. The van der Waals surface area contributed by atoms with Crippen LogP contribution in [0.25, 0.3) is 0 Å². The topological polar surface area (TPSA) is 42.3 Å². The number of halogens is 2. The summed E-state index contributed by atoms with van der Waals surface area (Å²) >= 11 is 0. The van der Waals surface area contributed by atoms with Gasteiger partial charge in [-0.05, 0) is 19.1 Å². The molecule has 1 aromatic carbocycles. The van der Waals surface area contributed by atoms with Crippen molar-refractivity contribution >= 4 is 5.90 Å². The summed E-state index contributed by atoms with van der Waals surface area (Å²) in [6, 6.07) is 6.05. The number of benzene rings is 1. The van der Waals surface area contributed by atoms with Crippen LogP contribution in [-0.2, 0) is 4.74 Å². The molecule has 82 valence electrons. The molecule has 0 fully saturated rings. The van der Waals surface area contributed by atoms with Gasteiger partial charge in [0.2, 0.25) is 5.90 Å². The van der Waals surface area contributed by atoms with Gasteiger partial charge in [0.25, 0.3) is 0 Å². The summed E-state index contributed by atoms with van der Waals surface area (Å²) < 4.78 is 33.2. The molecule has 0 unspecified atom stereocenters. The van der Waals surface area contributed by atoms with Crippen LogP contribution in [0, 0.1) is 5.41 Å². The third-order valence-electron chi connectivity index (χ3n) is 1.64. The molecule has 1 rings (SSSR count). The summed E-state index contributed by atoms with van der Waals surface area (Å²) in [7, 11) is 0. The molecule has 0 bridgehead atoms. The number of rotatable bonds is 4. The second-order valence-electron chi connectivity index (χ2n) is 2.64. The summed E-state index contributed by atoms with van der Waals surface area (Å²) in [4.78, 5) is 0. The van der Waals surface area contributed by atoms with Gasteiger partial charge in [-0.1, -0.05) is 12.1 Å². The van der Waals surface area contributed by atoms with Gasteiger partial charge in [-0.2, -0.15) is 8.78 Å². The first-order chi connectivity index (χ1) is 7.15. The zero-order valence-electron chi connectivity index (χ0n) is 8.17. The molecule has 0 aromatic heterocycles. The molecule has 0 spiro atoms. The lowest BCUT2D eigenvalue weighted by Gasteiger charge is -2.11. The second-order valence-corrected chi connectivity index (χ2v) is 2.64. The third-order valence-corrected chi connectivity index (χ3v) is 1.64. The molecule has 0 aliphatic heterocycles. The van der Waals surface area contributed by atoms with E-state index in [2.05, 4.69) is 4.74 Å². The number of para-hydroxylation sites is 1. The normalized spacial score (nSPS) is 10.1. The minimum Gasteiger partial charge on any atom is -0.478 e. The number of hydrogen-bond donors (Lipinski definition) is 1. The van der Waals surface area contributed by atoms with Crippen LogP contribution in [0.15, 0.2) is 24.3 Å². The van der Waals surface area contributed by atoms with E-state index in [4.69, 9.17) is 10.1 Å². The Kier molecular flexibility index (Phi) is 4.03. The van der Waals surface area contributed by atoms with E-state index in [9.17, 15) is 8.78 Å². The van der Waals surface area contributed by atoms with Crippen molar-refractivity contribution in [3.63, 3.8) is 0 Å². The lowest BCUT2D eigenvalue weighted by Crippen LogP contribution is -2.10. The monoisotopic (exact) mass is 215 g/mol. The highest BCUT2D eigenvalue weighted by Gasteiger charge is 2.12. The van der Waals surface area contributed by atoms with Crippen LogP contribution in [0.4, 0.5) is 8.78 Å². The van der Waals surface area contributed by atoms with Crippen molar-refractivity contribution in [2.24, 2.45) is 0 Å². The second kappa shape index (κ2) is 5.29. The zero-order chi connectivity index (χ0) is 11.3. The maximum absolute atomic E-state index is 12.0. The Morgan fingerprint density at radius 3 is 2.67 bits per heavy atom. The van der Waals surface area contributed by atoms with Gasteiger partial charge in [-0.15, -0.1) is 0 Å². The molecule has 3 nitrogen and oxygen atoms in total. The molecular weight excluding hydrogens is 204 g/mol. The summed E-state index contributed by atoms with van der Waals surface area (Å²) in [5, 5.41) is 7.47. The van der Waals surface area contributed by atoms with E-state index >= 15 is 0 Å². The van der Waals surface area contributed by atoms with Crippen LogP contribution >= 0.6 is 0 Å². The van der Waals surface area contributed by atoms with E-state index in [0.717, 1.165) is 0 Å². The van der Waals surface area contributed by atoms with Crippen molar-refractivity contribution in [2.75, 3.05) is 6.61 Å². The Bertz CT molecular complexity index is 342. The van der Waals surface area contributed by atoms with E-state index in [-0.39, 0.29) is 17.2 Å². The number of ether oxygens (including phenoxy) is 2. The van der Waals surface area contributed by atoms with Gasteiger partial charge in [0.15, 0.2) is 0 Å². The summed E-state index contributed by atoms with van der Waals surface area (Å²) in [5.41, 5.74) is 0.222. The molecule has 5 heteroatoms. The molecule has 1 N–H and O–H groups in total. The Balaban J connectivity index is 2.90. The Morgan fingerprint density at radius 1 is 1.40 bits per heavy atom. The van der Waals surface area contributed by atoms with Crippen LogP contribution in [0.5, 0.6) is 5.75 Å². The highest BCUT2D eigenvalue weighted by atomic mass is 19.3. The molecule has 0 atom stereocenters. The summed E-state index contributed by atoms with van der Waals surface area (Å²) in [6.07, 6.45) is 0. The van der Waals surface area contributed by atoms with Gasteiger partial charge in [0.1, 0.15) is 5.75 Å². The van der Waals surface area contributed by atoms with Crippen LogP contribution in [0.3, 0.4) is 0 Å². The highest BCUT2D eigenvalue weighted by Crippen LogP contribution is 2.20. The molecule has 1 aromatic rings. The fourth-order valence-electron chi connectivity index (χ4n) is 1.08. The van der Waals surface area contributed by atoms with Crippen molar-refractivity contribution in [2.45, 2.75) is 13.5 Å². The fraction of sp³-hybridized carbons (Fsp3) is 0.300. The molecule has 0 saturated heterocycles. The van der Waals surface area contributed by atoms with Crippen molar-refractivity contribution in [3.05, 3.63) is 29.8 Å². The van der Waals surface area contributed by atoms with Crippen molar-refractivity contribution in [3.8, 4) is 5.75 Å². The number of hydrogen-bond acceptors (Lipinski definition) is 3. The van der Waals surface area contributed by atoms with E-state index < -0.39 is 6.61 Å². The predicted molar refractivity (Wildman–Crippen MR) is 51.5 cm³/mol. The quantitative estimate of drug-likeness (QED) is 0.619. The first-order valence-corrected chi connectivity index (χ1v) is 4.40. The van der Waals surface area contributed by atoms with Gasteiger partial charge < -0.3 is 9.47 Å². The summed E-state index contributed by atoms with van der Waals surface area (Å²) in [6.45, 7) is -0.881. The maximum atomic E-state index is 12.0. The average Bonchev–Trinajstić information content (AvgIpc) is 2.18.